The second kappa shape index (κ2) is 4.99. The van der Waals surface area contributed by atoms with E-state index in [9.17, 15) is 0 Å². The fourth-order valence-electron chi connectivity index (χ4n) is 2.12. The van der Waals surface area contributed by atoms with E-state index < -0.39 is 0 Å². The molecule has 2 nitrogen and oxygen atoms in total. The van der Waals surface area contributed by atoms with E-state index in [1.165, 1.54) is 23.8 Å². The number of aryl methyl sites for hydroxylation is 1. The third-order valence-corrected chi connectivity index (χ3v) is 3.29. The quantitative estimate of drug-likeness (QED) is 0.803. The van der Waals surface area contributed by atoms with Crippen molar-refractivity contribution in [1.29, 1.82) is 0 Å². The van der Waals surface area contributed by atoms with E-state index in [1.807, 2.05) is 6.07 Å². The van der Waals surface area contributed by atoms with Gasteiger partial charge in [0.05, 0.1) is 0 Å². The van der Waals surface area contributed by atoms with Crippen molar-refractivity contribution in [3.05, 3.63) is 41.7 Å². The van der Waals surface area contributed by atoms with Gasteiger partial charge >= 0.3 is 0 Å². The van der Waals surface area contributed by atoms with Crippen LogP contribution in [0.15, 0.2) is 34.8 Å². The Balaban J connectivity index is 1.60. The Hall–Kier alpha value is -1.54. The van der Waals surface area contributed by atoms with E-state index in [0.717, 1.165) is 30.4 Å². The molecular weight excluding hydrogens is 222 g/mol. The van der Waals surface area contributed by atoms with Gasteiger partial charge in [-0.05, 0) is 57.0 Å². The summed E-state index contributed by atoms with van der Waals surface area (Å²) in [6, 6.07) is 9.18. The smallest absolute Gasteiger partial charge is 0.134 e. The second-order valence-corrected chi connectivity index (χ2v) is 5.11. The number of rotatable bonds is 5. The van der Waals surface area contributed by atoms with Crippen LogP contribution in [0.4, 0.5) is 0 Å². The molecule has 0 unspecified atom stereocenters. The fraction of sp³-hybridized carbons (Fsp3) is 0.375. The van der Waals surface area contributed by atoms with Gasteiger partial charge in [-0.3, -0.25) is 0 Å². The first-order valence-electron chi connectivity index (χ1n) is 6.71. The third-order valence-electron chi connectivity index (χ3n) is 3.29. The zero-order valence-electron chi connectivity index (χ0n) is 10.8. The van der Waals surface area contributed by atoms with Crippen molar-refractivity contribution in [2.45, 2.75) is 32.2 Å². The molecule has 2 aromatic rings. The van der Waals surface area contributed by atoms with Crippen molar-refractivity contribution < 1.29 is 4.42 Å². The number of fused-ring (bicyclic) bond motifs is 1. The van der Waals surface area contributed by atoms with Crippen LogP contribution >= 0.6 is 0 Å². The van der Waals surface area contributed by atoms with E-state index in [-0.39, 0.29) is 0 Å². The van der Waals surface area contributed by atoms with Crippen LogP contribution in [0.3, 0.4) is 0 Å². The summed E-state index contributed by atoms with van der Waals surface area (Å²) in [7, 11) is 0. The summed E-state index contributed by atoms with van der Waals surface area (Å²) in [6.45, 7) is 3.17. The highest BCUT2D eigenvalue weighted by Crippen LogP contribution is 2.21. The van der Waals surface area contributed by atoms with Crippen LogP contribution in [0, 0.1) is 6.92 Å². The molecule has 1 aromatic carbocycles. The molecule has 0 saturated heterocycles. The summed E-state index contributed by atoms with van der Waals surface area (Å²) in [5.74, 6) is 0.946. The summed E-state index contributed by atoms with van der Waals surface area (Å²) in [6.07, 6.45) is 8.02. The molecule has 1 heterocycles. The highest BCUT2D eigenvalue weighted by molar-refractivity contribution is 5.80. The molecular formula is C16H19NO. The van der Waals surface area contributed by atoms with Crippen LogP contribution in [0.5, 0.6) is 0 Å². The number of benzene rings is 1. The Morgan fingerprint density at radius 3 is 3.06 bits per heavy atom. The number of hydrogen-bond donors (Lipinski definition) is 1. The minimum absolute atomic E-state index is 0.799. The Morgan fingerprint density at radius 1 is 1.33 bits per heavy atom. The Morgan fingerprint density at radius 2 is 2.22 bits per heavy atom. The number of nitrogens with one attached hydrogen (secondary N) is 1. The van der Waals surface area contributed by atoms with Gasteiger partial charge < -0.3 is 9.73 Å². The SMILES string of the molecule is Cc1ccc2oc(/C=C/CCNC3CC3)cc2c1. The zero-order valence-corrected chi connectivity index (χ0v) is 10.8. The lowest BCUT2D eigenvalue weighted by molar-refractivity contribution is 0.603. The first-order chi connectivity index (χ1) is 8.81. The molecule has 1 saturated carbocycles. The molecule has 0 atom stereocenters. The summed E-state index contributed by atoms with van der Waals surface area (Å²) < 4.78 is 5.76. The molecule has 1 aromatic heterocycles. The van der Waals surface area contributed by atoms with Gasteiger partial charge in [0.25, 0.3) is 0 Å². The van der Waals surface area contributed by atoms with Crippen LogP contribution < -0.4 is 5.32 Å². The molecule has 94 valence electrons. The fourth-order valence-corrected chi connectivity index (χ4v) is 2.12. The van der Waals surface area contributed by atoms with Crippen molar-refractivity contribution >= 4 is 17.0 Å². The molecule has 1 aliphatic carbocycles. The molecule has 0 aliphatic heterocycles. The minimum atomic E-state index is 0.799. The van der Waals surface area contributed by atoms with Crippen LogP contribution in [-0.4, -0.2) is 12.6 Å². The molecule has 0 radical (unpaired) electrons. The monoisotopic (exact) mass is 241 g/mol. The van der Waals surface area contributed by atoms with Crippen LogP contribution in [0.2, 0.25) is 0 Å². The first-order valence-corrected chi connectivity index (χ1v) is 6.71. The Bertz CT molecular complexity index is 563. The van der Waals surface area contributed by atoms with E-state index in [2.05, 4.69) is 42.6 Å². The van der Waals surface area contributed by atoms with Crippen LogP contribution in [0.1, 0.15) is 30.6 Å². The maximum absolute atomic E-state index is 5.76. The lowest BCUT2D eigenvalue weighted by Gasteiger charge is -1.96. The summed E-state index contributed by atoms with van der Waals surface area (Å²) in [5, 5.41) is 4.68. The first kappa shape index (κ1) is 11.5. The standard InChI is InChI=1S/C16H19NO/c1-12-5-8-16-13(10-12)11-15(18-16)4-2-3-9-17-14-6-7-14/h2,4-5,8,10-11,14,17H,3,6-7,9H2,1H3/b4-2+. The van der Waals surface area contributed by atoms with E-state index in [0.29, 0.717) is 0 Å². The molecule has 0 spiro atoms. The van der Waals surface area contributed by atoms with Gasteiger partial charge in [-0.1, -0.05) is 17.7 Å². The molecule has 0 amide bonds. The second-order valence-electron chi connectivity index (χ2n) is 5.11. The largest absolute Gasteiger partial charge is 0.457 e. The van der Waals surface area contributed by atoms with Gasteiger partial charge in [-0.15, -0.1) is 0 Å². The Labute approximate surface area is 108 Å². The zero-order chi connectivity index (χ0) is 12.4. The molecule has 2 heteroatoms. The van der Waals surface area contributed by atoms with Gasteiger partial charge in [0, 0.05) is 11.4 Å². The van der Waals surface area contributed by atoms with Gasteiger partial charge in [-0.25, -0.2) is 0 Å². The average Bonchev–Trinajstić information content (AvgIpc) is 3.08. The van der Waals surface area contributed by atoms with Gasteiger partial charge in [0.15, 0.2) is 0 Å². The Kier molecular flexibility index (Phi) is 3.20. The number of hydrogen-bond acceptors (Lipinski definition) is 2. The van der Waals surface area contributed by atoms with E-state index >= 15 is 0 Å². The highest BCUT2D eigenvalue weighted by atomic mass is 16.3. The lowest BCUT2D eigenvalue weighted by atomic mass is 10.2. The predicted octanol–water partition coefficient (Wildman–Crippen LogP) is 3.90. The third kappa shape index (κ3) is 2.82. The minimum Gasteiger partial charge on any atom is -0.457 e. The van der Waals surface area contributed by atoms with Crippen LogP contribution in [-0.2, 0) is 0 Å². The maximum Gasteiger partial charge on any atom is 0.134 e. The topological polar surface area (TPSA) is 25.2 Å². The molecule has 1 fully saturated rings. The van der Waals surface area contributed by atoms with Crippen molar-refractivity contribution in [3.8, 4) is 0 Å². The summed E-state index contributed by atoms with van der Waals surface area (Å²) >= 11 is 0. The molecule has 0 bridgehead atoms. The summed E-state index contributed by atoms with van der Waals surface area (Å²) in [5.41, 5.74) is 2.24. The van der Waals surface area contributed by atoms with Gasteiger partial charge in [-0.2, -0.15) is 0 Å². The molecule has 18 heavy (non-hydrogen) atoms. The van der Waals surface area contributed by atoms with Crippen molar-refractivity contribution in [2.75, 3.05) is 6.54 Å². The molecule has 1 N–H and O–H groups in total. The number of furan rings is 1. The van der Waals surface area contributed by atoms with Crippen molar-refractivity contribution in [1.82, 2.24) is 5.32 Å². The molecule has 1 aliphatic rings. The van der Waals surface area contributed by atoms with Gasteiger partial charge in [0.2, 0.25) is 0 Å². The predicted molar refractivity (Wildman–Crippen MR) is 75.6 cm³/mol. The van der Waals surface area contributed by atoms with Crippen molar-refractivity contribution in [2.24, 2.45) is 0 Å². The van der Waals surface area contributed by atoms with Crippen LogP contribution in [0.25, 0.3) is 17.0 Å². The van der Waals surface area contributed by atoms with Crippen molar-refractivity contribution in [3.63, 3.8) is 0 Å². The molecule has 3 rings (SSSR count). The maximum atomic E-state index is 5.76. The van der Waals surface area contributed by atoms with E-state index in [1.54, 1.807) is 0 Å². The normalized spacial score (nSPS) is 15.8. The highest BCUT2D eigenvalue weighted by Gasteiger charge is 2.19. The van der Waals surface area contributed by atoms with E-state index in [4.69, 9.17) is 4.42 Å². The lowest BCUT2D eigenvalue weighted by Crippen LogP contribution is -2.16. The average molecular weight is 241 g/mol. The van der Waals surface area contributed by atoms with Gasteiger partial charge in [0.1, 0.15) is 11.3 Å². The summed E-state index contributed by atoms with van der Waals surface area (Å²) in [4.78, 5) is 0.